The predicted octanol–water partition coefficient (Wildman–Crippen LogP) is 3.62. The number of aryl methyl sites for hydroxylation is 1. The van der Waals surface area contributed by atoms with E-state index in [1.165, 1.54) is 0 Å². The molecular formula is C18H15BrClN3O2. The van der Waals surface area contributed by atoms with Gasteiger partial charge in [-0.3, -0.25) is 9.59 Å². The number of amides is 2. The maximum Gasteiger partial charge on any atom is 0.268 e. The maximum absolute atomic E-state index is 12.5. The van der Waals surface area contributed by atoms with Crippen molar-refractivity contribution in [1.29, 1.82) is 0 Å². The van der Waals surface area contributed by atoms with Crippen LogP contribution in [0.15, 0.2) is 46.9 Å². The Labute approximate surface area is 157 Å². The van der Waals surface area contributed by atoms with Crippen molar-refractivity contribution in [2.45, 2.75) is 6.54 Å². The molecule has 128 valence electrons. The highest BCUT2D eigenvalue weighted by Gasteiger charge is 2.14. The van der Waals surface area contributed by atoms with Crippen molar-refractivity contribution in [3.63, 3.8) is 0 Å². The first-order valence-electron chi connectivity index (χ1n) is 7.48. The molecule has 0 aliphatic rings. The van der Waals surface area contributed by atoms with E-state index in [1.54, 1.807) is 22.8 Å². The largest absolute Gasteiger partial charge is 0.366 e. The fourth-order valence-corrected chi connectivity index (χ4v) is 3.27. The Morgan fingerprint density at radius 3 is 2.68 bits per heavy atom. The zero-order valence-corrected chi connectivity index (χ0v) is 15.7. The van der Waals surface area contributed by atoms with E-state index < -0.39 is 5.91 Å². The normalized spacial score (nSPS) is 10.8. The van der Waals surface area contributed by atoms with Crippen LogP contribution in [-0.4, -0.2) is 16.4 Å². The Balaban J connectivity index is 1.80. The number of aromatic nitrogens is 1. The third-order valence-corrected chi connectivity index (χ3v) is 4.92. The first kappa shape index (κ1) is 17.5. The number of hydrogen-bond acceptors (Lipinski definition) is 2. The molecule has 0 saturated heterocycles. The van der Waals surface area contributed by atoms with Crippen molar-refractivity contribution in [3.8, 4) is 0 Å². The molecule has 3 N–H and O–H groups in total. The summed E-state index contributed by atoms with van der Waals surface area (Å²) in [6.07, 6.45) is 0. The van der Waals surface area contributed by atoms with Crippen LogP contribution < -0.4 is 11.1 Å². The van der Waals surface area contributed by atoms with Gasteiger partial charge < -0.3 is 15.6 Å². The number of nitrogens with zero attached hydrogens (tertiary/aromatic N) is 1. The summed E-state index contributed by atoms with van der Waals surface area (Å²) in [5.41, 5.74) is 7.92. The Hall–Kier alpha value is -2.31. The van der Waals surface area contributed by atoms with Gasteiger partial charge >= 0.3 is 0 Å². The standard InChI is InChI=1S/C18H15BrClN3O2/c1-23-15-8-12(20)4-3-11(15)7-16(23)18(25)22-9-10-2-5-14(19)13(6-10)17(21)24/h2-8H,9H2,1H3,(H2,21,24)(H,22,25). The van der Waals surface area contributed by atoms with E-state index in [2.05, 4.69) is 21.2 Å². The van der Waals surface area contributed by atoms with Crippen LogP contribution >= 0.6 is 27.5 Å². The molecule has 2 amide bonds. The Morgan fingerprint density at radius 1 is 1.20 bits per heavy atom. The van der Waals surface area contributed by atoms with Gasteiger partial charge in [-0.25, -0.2) is 0 Å². The number of hydrogen-bond donors (Lipinski definition) is 2. The molecule has 25 heavy (non-hydrogen) atoms. The predicted molar refractivity (Wildman–Crippen MR) is 102 cm³/mol. The fourth-order valence-electron chi connectivity index (χ4n) is 2.67. The Bertz CT molecular complexity index is 997. The second-order valence-electron chi connectivity index (χ2n) is 5.65. The van der Waals surface area contributed by atoms with E-state index >= 15 is 0 Å². The van der Waals surface area contributed by atoms with E-state index in [0.717, 1.165) is 16.5 Å². The van der Waals surface area contributed by atoms with Gasteiger partial charge in [0.2, 0.25) is 5.91 Å². The van der Waals surface area contributed by atoms with Crippen LogP contribution in [-0.2, 0) is 13.6 Å². The molecule has 1 aromatic heterocycles. The molecule has 3 rings (SSSR count). The molecule has 7 heteroatoms. The van der Waals surface area contributed by atoms with Gasteiger partial charge in [0.1, 0.15) is 5.69 Å². The number of carbonyl (C=O) groups is 2. The summed E-state index contributed by atoms with van der Waals surface area (Å²) in [6.45, 7) is 0.286. The zero-order chi connectivity index (χ0) is 18.1. The second-order valence-corrected chi connectivity index (χ2v) is 6.94. The first-order valence-corrected chi connectivity index (χ1v) is 8.65. The number of nitrogens with one attached hydrogen (secondary N) is 1. The molecule has 0 saturated carbocycles. The average molecular weight is 421 g/mol. The van der Waals surface area contributed by atoms with Crippen LogP contribution in [0.4, 0.5) is 0 Å². The third kappa shape index (κ3) is 3.55. The summed E-state index contributed by atoms with van der Waals surface area (Å²) in [5, 5.41) is 4.42. The lowest BCUT2D eigenvalue weighted by Gasteiger charge is -2.08. The lowest BCUT2D eigenvalue weighted by atomic mass is 10.1. The first-order chi connectivity index (χ1) is 11.9. The van der Waals surface area contributed by atoms with Crippen molar-refractivity contribution >= 4 is 50.2 Å². The Morgan fingerprint density at radius 2 is 1.96 bits per heavy atom. The van der Waals surface area contributed by atoms with E-state index in [9.17, 15) is 9.59 Å². The monoisotopic (exact) mass is 419 g/mol. The van der Waals surface area contributed by atoms with Crippen LogP contribution in [0.1, 0.15) is 26.4 Å². The average Bonchev–Trinajstić information content (AvgIpc) is 2.90. The summed E-state index contributed by atoms with van der Waals surface area (Å²) in [5.74, 6) is -0.732. The third-order valence-electron chi connectivity index (χ3n) is 3.99. The van der Waals surface area contributed by atoms with Crippen LogP contribution in [0.2, 0.25) is 5.02 Å². The van der Waals surface area contributed by atoms with Crippen molar-refractivity contribution < 1.29 is 9.59 Å². The number of fused-ring (bicyclic) bond motifs is 1. The lowest BCUT2D eigenvalue weighted by Crippen LogP contribution is -2.25. The smallest absolute Gasteiger partial charge is 0.268 e. The number of carbonyl (C=O) groups excluding carboxylic acids is 2. The number of primary amides is 1. The minimum atomic E-state index is -0.523. The topological polar surface area (TPSA) is 77.1 Å². The summed E-state index contributed by atoms with van der Waals surface area (Å²) in [6, 6.07) is 12.5. The van der Waals surface area contributed by atoms with Crippen molar-refractivity contribution in [2.24, 2.45) is 12.8 Å². The molecular weight excluding hydrogens is 406 g/mol. The van der Waals surface area contributed by atoms with Crippen molar-refractivity contribution in [1.82, 2.24) is 9.88 Å². The summed E-state index contributed by atoms with van der Waals surface area (Å²) in [7, 11) is 1.82. The molecule has 0 bridgehead atoms. The van der Waals surface area contributed by atoms with Gasteiger partial charge in [0.05, 0.1) is 5.56 Å². The summed E-state index contributed by atoms with van der Waals surface area (Å²) >= 11 is 9.30. The minimum Gasteiger partial charge on any atom is -0.366 e. The van der Waals surface area contributed by atoms with Gasteiger partial charge in [-0.15, -0.1) is 0 Å². The molecule has 0 aliphatic carbocycles. The van der Waals surface area contributed by atoms with E-state index in [0.29, 0.717) is 20.8 Å². The molecule has 5 nitrogen and oxygen atoms in total. The van der Waals surface area contributed by atoms with Gasteiger partial charge in [-0.2, -0.15) is 0 Å². The van der Waals surface area contributed by atoms with Crippen molar-refractivity contribution in [2.75, 3.05) is 0 Å². The highest BCUT2D eigenvalue weighted by Crippen LogP contribution is 2.23. The van der Waals surface area contributed by atoms with Crippen LogP contribution in [0.25, 0.3) is 10.9 Å². The van der Waals surface area contributed by atoms with Gasteiger partial charge in [0.25, 0.3) is 5.91 Å². The molecule has 0 spiro atoms. The fraction of sp³-hybridized carbons (Fsp3) is 0.111. The number of halogens is 2. The minimum absolute atomic E-state index is 0.210. The molecule has 2 aromatic carbocycles. The molecule has 3 aromatic rings. The van der Waals surface area contributed by atoms with Gasteiger partial charge in [0.15, 0.2) is 0 Å². The summed E-state index contributed by atoms with van der Waals surface area (Å²) < 4.78 is 2.42. The molecule has 0 fully saturated rings. The SMILES string of the molecule is Cn1c(C(=O)NCc2ccc(Br)c(C(N)=O)c2)cc2ccc(Cl)cc21. The highest BCUT2D eigenvalue weighted by atomic mass is 79.9. The number of benzene rings is 2. The van der Waals surface area contributed by atoms with E-state index in [1.807, 2.05) is 31.3 Å². The molecule has 0 unspecified atom stereocenters. The Kier molecular flexibility index (Phi) is 4.83. The van der Waals surface area contributed by atoms with Crippen LogP contribution in [0.5, 0.6) is 0 Å². The molecule has 0 radical (unpaired) electrons. The quantitative estimate of drug-likeness (QED) is 0.676. The summed E-state index contributed by atoms with van der Waals surface area (Å²) in [4.78, 5) is 23.9. The number of nitrogens with two attached hydrogens (primary N) is 1. The number of rotatable bonds is 4. The van der Waals surface area contributed by atoms with Gasteiger partial charge in [-0.05, 0) is 51.8 Å². The molecule has 0 aliphatic heterocycles. The van der Waals surface area contributed by atoms with Crippen LogP contribution in [0.3, 0.4) is 0 Å². The molecule has 1 heterocycles. The zero-order valence-electron chi connectivity index (χ0n) is 13.3. The maximum atomic E-state index is 12.5. The molecule has 0 atom stereocenters. The van der Waals surface area contributed by atoms with E-state index in [4.69, 9.17) is 17.3 Å². The van der Waals surface area contributed by atoms with Gasteiger partial charge in [-0.1, -0.05) is 23.7 Å². The van der Waals surface area contributed by atoms with Crippen LogP contribution in [0, 0.1) is 0 Å². The highest BCUT2D eigenvalue weighted by molar-refractivity contribution is 9.10. The van der Waals surface area contributed by atoms with Gasteiger partial charge in [0, 0.05) is 34.0 Å². The second kappa shape index (κ2) is 6.90. The van der Waals surface area contributed by atoms with E-state index in [-0.39, 0.29) is 12.5 Å². The van der Waals surface area contributed by atoms with Crippen molar-refractivity contribution in [3.05, 3.63) is 68.8 Å². The lowest BCUT2D eigenvalue weighted by molar-refractivity contribution is 0.0942.